The first kappa shape index (κ1) is 11.0. The zero-order valence-electron chi connectivity index (χ0n) is 8.93. The van der Waals surface area contributed by atoms with Gasteiger partial charge in [-0.15, -0.1) is 0 Å². The van der Waals surface area contributed by atoms with Gasteiger partial charge in [0.05, 0.1) is 6.54 Å². The van der Waals surface area contributed by atoms with E-state index in [1.165, 1.54) is 11.3 Å². The highest BCUT2D eigenvalue weighted by atomic mass is 32.1. The lowest BCUT2D eigenvalue weighted by molar-refractivity contribution is 0.569. The van der Waals surface area contributed by atoms with Crippen molar-refractivity contribution in [1.29, 1.82) is 0 Å². The Morgan fingerprint density at radius 2 is 2.44 bits per heavy atom. The van der Waals surface area contributed by atoms with Crippen molar-refractivity contribution in [1.82, 2.24) is 25.1 Å². The summed E-state index contributed by atoms with van der Waals surface area (Å²) < 4.78 is 1.84. The average molecular weight is 239 g/mol. The average Bonchev–Trinajstić information content (AvgIpc) is 2.87. The molecule has 2 aromatic heterocycles. The van der Waals surface area contributed by atoms with Gasteiger partial charge in [-0.1, -0.05) is 11.3 Å². The molecule has 0 unspecified atom stereocenters. The maximum Gasteiger partial charge on any atom is 0.304 e. The second-order valence-corrected chi connectivity index (χ2v) is 4.11. The number of nitrogens with zero attached hydrogens (tertiary/aromatic N) is 3. The fraction of sp³-hybridized carbons (Fsp3) is 0.444. The van der Waals surface area contributed by atoms with Crippen LogP contribution in [-0.2, 0) is 19.6 Å². The van der Waals surface area contributed by atoms with Crippen LogP contribution in [0.25, 0.3) is 0 Å². The van der Waals surface area contributed by atoms with Crippen molar-refractivity contribution >= 4 is 11.3 Å². The minimum absolute atomic E-state index is 0.0199. The van der Waals surface area contributed by atoms with E-state index in [1.807, 2.05) is 17.0 Å². The van der Waals surface area contributed by atoms with Crippen molar-refractivity contribution in [2.75, 3.05) is 0 Å². The van der Waals surface area contributed by atoms with Gasteiger partial charge in [0.25, 0.3) is 0 Å². The van der Waals surface area contributed by atoms with Crippen molar-refractivity contribution in [2.24, 2.45) is 0 Å². The largest absolute Gasteiger partial charge is 0.315 e. The second kappa shape index (κ2) is 5.04. The van der Waals surface area contributed by atoms with Crippen molar-refractivity contribution in [3.63, 3.8) is 0 Å². The van der Waals surface area contributed by atoms with Crippen LogP contribution in [0.15, 0.2) is 16.5 Å². The molecule has 0 aliphatic heterocycles. The molecule has 2 rings (SSSR count). The quantitative estimate of drug-likeness (QED) is 0.789. The van der Waals surface area contributed by atoms with E-state index in [4.69, 9.17) is 0 Å². The Labute approximate surface area is 96.3 Å². The predicted molar refractivity (Wildman–Crippen MR) is 61.2 cm³/mol. The van der Waals surface area contributed by atoms with Gasteiger partial charge in [0.2, 0.25) is 0 Å². The summed E-state index contributed by atoms with van der Waals surface area (Å²) in [5, 5.41) is 9.10. The smallest absolute Gasteiger partial charge is 0.304 e. The number of thiazole rings is 1. The van der Waals surface area contributed by atoms with Crippen LogP contribution in [0, 0.1) is 0 Å². The fourth-order valence-electron chi connectivity index (χ4n) is 1.40. The van der Waals surface area contributed by atoms with E-state index < -0.39 is 0 Å². The molecule has 0 spiro atoms. The molecule has 2 N–H and O–H groups in total. The van der Waals surface area contributed by atoms with E-state index in [0.717, 1.165) is 18.1 Å². The van der Waals surface area contributed by atoms with Gasteiger partial charge in [0.1, 0.15) is 12.2 Å². The van der Waals surface area contributed by atoms with Crippen molar-refractivity contribution in [3.05, 3.63) is 32.9 Å². The first-order chi connectivity index (χ1) is 7.79. The monoisotopic (exact) mass is 239 g/mol. The van der Waals surface area contributed by atoms with E-state index in [0.29, 0.717) is 13.1 Å². The van der Waals surface area contributed by atoms with Gasteiger partial charge in [-0.05, 0) is 6.92 Å². The topological polar surface area (TPSA) is 75.6 Å². The number of hydrogen-bond acceptors (Lipinski definition) is 5. The van der Waals surface area contributed by atoms with Crippen LogP contribution < -0.4 is 10.2 Å². The van der Waals surface area contributed by atoms with Gasteiger partial charge in [-0.25, -0.2) is 9.67 Å². The standard InChI is InChI=1S/C9H13N5OS/c1-2-14-8(11-6-12-14)4-10-3-7-5-16-9(15)13-7/h5-6,10H,2-4H2,1H3,(H,13,15). The van der Waals surface area contributed by atoms with Crippen LogP contribution in [0.4, 0.5) is 0 Å². The van der Waals surface area contributed by atoms with E-state index >= 15 is 0 Å². The summed E-state index contributed by atoms with van der Waals surface area (Å²) in [6.45, 7) is 4.11. The third kappa shape index (κ3) is 2.56. The van der Waals surface area contributed by atoms with Gasteiger partial charge in [-0.3, -0.25) is 4.79 Å². The Kier molecular flexibility index (Phi) is 3.47. The molecular weight excluding hydrogens is 226 g/mol. The Bertz CT molecular complexity index is 500. The van der Waals surface area contributed by atoms with Gasteiger partial charge >= 0.3 is 4.87 Å². The van der Waals surface area contributed by atoms with Crippen molar-refractivity contribution < 1.29 is 0 Å². The minimum Gasteiger partial charge on any atom is -0.315 e. The zero-order chi connectivity index (χ0) is 11.4. The summed E-state index contributed by atoms with van der Waals surface area (Å²) in [4.78, 5) is 17.8. The number of aromatic nitrogens is 4. The molecule has 0 bridgehead atoms. The van der Waals surface area contributed by atoms with Crippen LogP contribution in [-0.4, -0.2) is 19.7 Å². The van der Waals surface area contributed by atoms with Crippen molar-refractivity contribution in [3.8, 4) is 0 Å². The maximum atomic E-state index is 10.9. The maximum absolute atomic E-state index is 10.9. The van der Waals surface area contributed by atoms with Crippen LogP contribution in [0.3, 0.4) is 0 Å². The Morgan fingerprint density at radius 1 is 1.56 bits per heavy atom. The van der Waals surface area contributed by atoms with Gasteiger partial charge in [0.15, 0.2) is 0 Å². The van der Waals surface area contributed by atoms with Crippen molar-refractivity contribution in [2.45, 2.75) is 26.6 Å². The summed E-state index contributed by atoms with van der Waals surface area (Å²) in [6, 6.07) is 0. The number of rotatable bonds is 5. The molecule has 0 saturated carbocycles. The first-order valence-corrected chi connectivity index (χ1v) is 5.91. The van der Waals surface area contributed by atoms with Crippen LogP contribution >= 0.6 is 11.3 Å². The third-order valence-corrected chi connectivity index (χ3v) is 2.88. The van der Waals surface area contributed by atoms with E-state index in [1.54, 1.807) is 6.33 Å². The molecule has 2 heterocycles. The minimum atomic E-state index is -0.0199. The molecule has 0 aliphatic carbocycles. The van der Waals surface area contributed by atoms with E-state index in [-0.39, 0.29) is 4.87 Å². The number of aromatic amines is 1. The zero-order valence-corrected chi connectivity index (χ0v) is 9.75. The number of aryl methyl sites for hydroxylation is 1. The summed E-state index contributed by atoms with van der Waals surface area (Å²) in [6.07, 6.45) is 1.55. The molecule has 0 fully saturated rings. The van der Waals surface area contributed by atoms with Gasteiger partial charge in [0, 0.05) is 24.2 Å². The first-order valence-electron chi connectivity index (χ1n) is 5.03. The SMILES string of the molecule is CCn1ncnc1CNCc1csc(=O)[nH]1. The summed E-state index contributed by atoms with van der Waals surface area (Å²) in [5.41, 5.74) is 0.901. The van der Waals surface area contributed by atoms with Crippen LogP contribution in [0.1, 0.15) is 18.4 Å². The normalized spacial score (nSPS) is 10.8. The van der Waals surface area contributed by atoms with Crippen LogP contribution in [0.5, 0.6) is 0 Å². The highest BCUT2D eigenvalue weighted by Gasteiger charge is 2.02. The third-order valence-electron chi connectivity index (χ3n) is 2.16. The number of nitrogens with one attached hydrogen (secondary N) is 2. The lowest BCUT2D eigenvalue weighted by atomic mass is 10.4. The Hall–Kier alpha value is -1.47. The molecule has 0 radical (unpaired) electrons. The highest BCUT2D eigenvalue weighted by Crippen LogP contribution is 1.97. The molecule has 7 heteroatoms. The van der Waals surface area contributed by atoms with Crippen LogP contribution in [0.2, 0.25) is 0 Å². The second-order valence-electron chi connectivity index (χ2n) is 3.27. The molecule has 6 nitrogen and oxygen atoms in total. The molecule has 2 aromatic rings. The molecule has 86 valence electrons. The Morgan fingerprint density at radius 3 is 3.12 bits per heavy atom. The lowest BCUT2D eigenvalue weighted by Crippen LogP contribution is -2.17. The molecule has 0 aliphatic rings. The van der Waals surface area contributed by atoms with Gasteiger partial charge in [-0.2, -0.15) is 5.10 Å². The predicted octanol–water partition coefficient (Wildman–Crippen LogP) is 0.338. The Balaban J connectivity index is 1.86. The van der Waals surface area contributed by atoms with E-state index in [9.17, 15) is 4.79 Å². The lowest BCUT2D eigenvalue weighted by Gasteiger charge is -2.03. The number of hydrogen-bond donors (Lipinski definition) is 2. The molecule has 0 atom stereocenters. The number of H-pyrrole nitrogens is 1. The summed E-state index contributed by atoms with van der Waals surface area (Å²) in [7, 11) is 0. The molecule has 0 aromatic carbocycles. The molecular formula is C9H13N5OS. The highest BCUT2D eigenvalue weighted by molar-refractivity contribution is 7.07. The molecule has 0 amide bonds. The summed E-state index contributed by atoms with van der Waals surface area (Å²) in [5.74, 6) is 0.903. The van der Waals surface area contributed by atoms with Gasteiger partial charge < -0.3 is 10.3 Å². The summed E-state index contributed by atoms with van der Waals surface area (Å²) >= 11 is 1.18. The van der Waals surface area contributed by atoms with E-state index in [2.05, 4.69) is 20.4 Å². The fourth-order valence-corrected chi connectivity index (χ4v) is 1.98. The molecule has 0 saturated heterocycles. The molecule has 16 heavy (non-hydrogen) atoms.